The van der Waals surface area contributed by atoms with Gasteiger partial charge in [-0.25, -0.2) is 9.48 Å². The first-order valence-electron chi connectivity index (χ1n) is 9.98. The number of nitrogens with one attached hydrogen (secondary N) is 1. The zero-order chi connectivity index (χ0) is 21.6. The average Bonchev–Trinajstić information content (AvgIpc) is 3.48. The fourth-order valence-corrected chi connectivity index (χ4v) is 3.16. The van der Waals surface area contributed by atoms with Crippen molar-refractivity contribution in [3.63, 3.8) is 0 Å². The van der Waals surface area contributed by atoms with Gasteiger partial charge in [-0.1, -0.05) is 12.1 Å². The van der Waals surface area contributed by atoms with Gasteiger partial charge in [0.05, 0.1) is 18.7 Å². The Morgan fingerprint density at radius 2 is 1.58 bits per heavy atom. The summed E-state index contributed by atoms with van der Waals surface area (Å²) in [6.45, 7) is 2.05. The van der Waals surface area contributed by atoms with Crippen molar-refractivity contribution in [3.8, 4) is 11.4 Å². The molecule has 7 heteroatoms. The number of ether oxygens (including phenoxy) is 1. The van der Waals surface area contributed by atoms with E-state index in [1.165, 1.54) is 0 Å². The molecule has 1 amide bonds. The molecule has 2 aromatic carbocycles. The molecule has 4 rings (SSSR count). The second kappa shape index (κ2) is 9.13. The number of carbonyl (C=O) groups excluding carboxylic acids is 2. The van der Waals surface area contributed by atoms with Gasteiger partial charge in [0, 0.05) is 30.0 Å². The van der Waals surface area contributed by atoms with Crippen LogP contribution in [-0.4, -0.2) is 32.8 Å². The second-order valence-electron chi connectivity index (χ2n) is 6.89. The van der Waals surface area contributed by atoms with Gasteiger partial charge in [0.1, 0.15) is 0 Å². The summed E-state index contributed by atoms with van der Waals surface area (Å²) in [5.74, 6) is -0.545. The number of anilines is 1. The van der Waals surface area contributed by atoms with E-state index in [2.05, 4.69) is 10.4 Å². The summed E-state index contributed by atoms with van der Waals surface area (Å²) in [7, 11) is 0. The Morgan fingerprint density at radius 3 is 2.26 bits per heavy atom. The fourth-order valence-electron chi connectivity index (χ4n) is 3.16. The van der Waals surface area contributed by atoms with Crippen molar-refractivity contribution in [2.45, 2.75) is 13.3 Å². The normalized spacial score (nSPS) is 10.6. The lowest BCUT2D eigenvalue weighted by Crippen LogP contribution is -2.14. The van der Waals surface area contributed by atoms with Crippen LogP contribution in [0.4, 0.5) is 5.69 Å². The molecule has 31 heavy (non-hydrogen) atoms. The summed E-state index contributed by atoms with van der Waals surface area (Å²) in [5, 5.41) is 7.13. The summed E-state index contributed by atoms with van der Waals surface area (Å²) in [6, 6.07) is 20.7. The van der Waals surface area contributed by atoms with Gasteiger partial charge in [0.2, 0.25) is 5.91 Å². The number of carbonyl (C=O) groups is 2. The van der Waals surface area contributed by atoms with Crippen molar-refractivity contribution in [1.82, 2.24) is 14.3 Å². The molecule has 0 atom stereocenters. The highest BCUT2D eigenvalue weighted by Crippen LogP contribution is 2.15. The Kier molecular flexibility index (Phi) is 5.93. The van der Waals surface area contributed by atoms with Gasteiger partial charge in [-0.2, -0.15) is 5.10 Å². The van der Waals surface area contributed by atoms with Gasteiger partial charge < -0.3 is 14.6 Å². The van der Waals surface area contributed by atoms with Crippen LogP contribution in [0, 0.1) is 0 Å². The van der Waals surface area contributed by atoms with Crippen molar-refractivity contribution < 1.29 is 14.3 Å². The van der Waals surface area contributed by atoms with Crippen LogP contribution in [0.15, 0.2) is 85.3 Å². The van der Waals surface area contributed by atoms with Crippen LogP contribution in [0.1, 0.15) is 23.0 Å². The van der Waals surface area contributed by atoms with Crippen molar-refractivity contribution in [2.24, 2.45) is 0 Å². The standard InChI is InChI=1S/C24H22N4O3/c1-2-31-24(30)22-13-16-28(26-22)21-11-7-19(8-12-21)25-23(29)17-18-5-9-20(10-6-18)27-14-3-4-15-27/h3-16H,2,17H2,1H3,(H,25,29). The molecule has 0 saturated heterocycles. The van der Waals surface area contributed by atoms with E-state index in [1.54, 1.807) is 36.0 Å². The first-order valence-corrected chi connectivity index (χ1v) is 9.98. The molecule has 0 spiro atoms. The monoisotopic (exact) mass is 414 g/mol. The highest BCUT2D eigenvalue weighted by Gasteiger charge is 2.11. The zero-order valence-corrected chi connectivity index (χ0v) is 17.1. The predicted molar refractivity (Wildman–Crippen MR) is 118 cm³/mol. The lowest BCUT2D eigenvalue weighted by atomic mass is 10.1. The van der Waals surface area contributed by atoms with Crippen molar-refractivity contribution in [1.29, 1.82) is 0 Å². The van der Waals surface area contributed by atoms with Crippen LogP contribution >= 0.6 is 0 Å². The topological polar surface area (TPSA) is 78.1 Å². The molecular formula is C24H22N4O3. The molecule has 0 unspecified atom stereocenters. The molecule has 0 fully saturated rings. The summed E-state index contributed by atoms with van der Waals surface area (Å²) < 4.78 is 8.55. The number of hydrogen-bond acceptors (Lipinski definition) is 4. The average molecular weight is 414 g/mol. The summed E-state index contributed by atoms with van der Waals surface area (Å²) in [4.78, 5) is 24.2. The number of amides is 1. The Bertz CT molecular complexity index is 1160. The third-order valence-electron chi connectivity index (χ3n) is 4.69. The smallest absolute Gasteiger partial charge is 0.358 e. The zero-order valence-electron chi connectivity index (χ0n) is 17.1. The van der Waals surface area contributed by atoms with Gasteiger partial charge >= 0.3 is 5.97 Å². The molecular weight excluding hydrogens is 392 g/mol. The first kappa shape index (κ1) is 20.2. The quantitative estimate of drug-likeness (QED) is 0.463. The van der Waals surface area contributed by atoms with E-state index in [0.717, 1.165) is 16.9 Å². The predicted octanol–water partition coefficient (Wildman–Crippen LogP) is 4.02. The van der Waals surface area contributed by atoms with Crippen molar-refractivity contribution in [3.05, 3.63) is 96.6 Å². The highest BCUT2D eigenvalue weighted by atomic mass is 16.5. The van der Waals surface area contributed by atoms with E-state index in [4.69, 9.17) is 4.74 Å². The molecule has 0 saturated carbocycles. The Balaban J connectivity index is 1.35. The molecule has 2 heterocycles. The van der Waals surface area contributed by atoms with E-state index in [9.17, 15) is 9.59 Å². The summed E-state index contributed by atoms with van der Waals surface area (Å²) in [5.41, 5.74) is 3.70. The molecule has 4 aromatic rings. The first-order chi connectivity index (χ1) is 15.1. The number of esters is 1. The summed E-state index contributed by atoms with van der Waals surface area (Å²) in [6.07, 6.45) is 5.94. The molecule has 1 N–H and O–H groups in total. The van der Waals surface area contributed by atoms with Crippen LogP contribution in [-0.2, 0) is 16.0 Å². The highest BCUT2D eigenvalue weighted by molar-refractivity contribution is 5.92. The van der Waals surface area contributed by atoms with E-state index >= 15 is 0 Å². The van der Waals surface area contributed by atoms with Gasteiger partial charge in [0.25, 0.3) is 0 Å². The Hall–Kier alpha value is -4.13. The number of benzene rings is 2. The van der Waals surface area contributed by atoms with Gasteiger partial charge in [-0.05, 0) is 67.1 Å². The maximum absolute atomic E-state index is 12.4. The van der Waals surface area contributed by atoms with Crippen molar-refractivity contribution >= 4 is 17.6 Å². The molecule has 0 aliphatic carbocycles. The van der Waals surface area contributed by atoms with Gasteiger partial charge in [-0.15, -0.1) is 0 Å². The van der Waals surface area contributed by atoms with Crippen LogP contribution in [0.2, 0.25) is 0 Å². The van der Waals surface area contributed by atoms with Crippen LogP contribution in [0.5, 0.6) is 0 Å². The summed E-state index contributed by atoms with van der Waals surface area (Å²) >= 11 is 0. The van der Waals surface area contributed by atoms with Crippen LogP contribution in [0.3, 0.4) is 0 Å². The number of rotatable bonds is 7. The van der Waals surface area contributed by atoms with Gasteiger partial charge in [0.15, 0.2) is 5.69 Å². The number of aromatic nitrogens is 3. The van der Waals surface area contributed by atoms with E-state index in [-0.39, 0.29) is 18.0 Å². The number of nitrogens with zero attached hydrogens (tertiary/aromatic N) is 3. The maximum Gasteiger partial charge on any atom is 0.358 e. The van der Waals surface area contributed by atoms with Crippen molar-refractivity contribution in [2.75, 3.05) is 11.9 Å². The maximum atomic E-state index is 12.4. The number of hydrogen-bond donors (Lipinski definition) is 1. The van der Waals surface area contributed by atoms with Crippen LogP contribution < -0.4 is 5.32 Å². The van der Waals surface area contributed by atoms with Gasteiger partial charge in [-0.3, -0.25) is 4.79 Å². The molecule has 7 nitrogen and oxygen atoms in total. The molecule has 2 aromatic heterocycles. The molecule has 0 radical (unpaired) electrons. The van der Waals surface area contributed by atoms with E-state index < -0.39 is 5.97 Å². The third-order valence-corrected chi connectivity index (χ3v) is 4.69. The third kappa shape index (κ3) is 4.90. The van der Waals surface area contributed by atoms with Crippen LogP contribution in [0.25, 0.3) is 11.4 Å². The minimum Gasteiger partial charge on any atom is -0.461 e. The Morgan fingerprint density at radius 1 is 0.903 bits per heavy atom. The lowest BCUT2D eigenvalue weighted by molar-refractivity contribution is -0.115. The second-order valence-corrected chi connectivity index (χ2v) is 6.89. The molecule has 0 bridgehead atoms. The fraction of sp³-hybridized carbons (Fsp3) is 0.125. The largest absolute Gasteiger partial charge is 0.461 e. The van der Waals surface area contributed by atoms with E-state index in [0.29, 0.717) is 12.3 Å². The van der Waals surface area contributed by atoms with E-state index in [1.807, 2.05) is 65.5 Å². The minimum atomic E-state index is -0.452. The minimum absolute atomic E-state index is 0.0925. The molecule has 0 aliphatic heterocycles. The lowest BCUT2D eigenvalue weighted by Gasteiger charge is -2.08. The Labute approximate surface area is 179 Å². The molecule has 156 valence electrons. The molecule has 0 aliphatic rings. The SMILES string of the molecule is CCOC(=O)c1ccn(-c2ccc(NC(=O)Cc3ccc(-n4cccc4)cc3)cc2)n1.